The Morgan fingerprint density at radius 3 is 2.85 bits per heavy atom. The summed E-state index contributed by atoms with van der Waals surface area (Å²) in [4.78, 5) is 23.0. The van der Waals surface area contributed by atoms with Crippen molar-refractivity contribution in [2.45, 2.75) is 44.9 Å². The topological polar surface area (TPSA) is 81.4 Å². The van der Waals surface area contributed by atoms with Gasteiger partial charge in [-0.05, 0) is 12.3 Å². The van der Waals surface area contributed by atoms with Gasteiger partial charge in [-0.3, -0.25) is 9.59 Å². The molecule has 1 aliphatic carbocycles. The highest BCUT2D eigenvalue weighted by Crippen LogP contribution is 2.27. The Morgan fingerprint density at radius 2 is 2.15 bits per heavy atom. The number of carbonyl (C=O) groups excluding carboxylic acids is 2. The molecule has 0 saturated heterocycles. The molecule has 110 valence electrons. The summed E-state index contributed by atoms with van der Waals surface area (Å²) in [6.07, 6.45) is 8.86. The second-order valence-electron chi connectivity index (χ2n) is 5.14. The molecule has 20 heavy (non-hydrogen) atoms. The first kappa shape index (κ1) is 14.6. The molecule has 6 nitrogen and oxygen atoms in total. The SMILES string of the molecule is O=C(COC(=O)CCC1CCCCC1)Nc1ccon1. The van der Waals surface area contributed by atoms with Gasteiger partial charge in [-0.25, -0.2) is 0 Å². The molecule has 1 saturated carbocycles. The molecule has 2 rings (SSSR count). The van der Waals surface area contributed by atoms with E-state index in [-0.39, 0.29) is 12.6 Å². The molecule has 0 aliphatic heterocycles. The quantitative estimate of drug-likeness (QED) is 0.810. The first-order chi connectivity index (χ1) is 9.74. The minimum absolute atomic E-state index is 0.281. The number of ether oxygens (including phenoxy) is 1. The fourth-order valence-electron chi connectivity index (χ4n) is 2.47. The monoisotopic (exact) mass is 280 g/mol. The van der Waals surface area contributed by atoms with Crippen LogP contribution in [0.2, 0.25) is 0 Å². The summed E-state index contributed by atoms with van der Waals surface area (Å²) >= 11 is 0. The number of amides is 1. The molecule has 0 aromatic carbocycles. The van der Waals surface area contributed by atoms with Crippen molar-refractivity contribution >= 4 is 17.7 Å². The third-order valence-corrected chi connectivity index (χ3v) is 3.55. The summed E-state index contributed by atoms with van der Waals surface area (Å²) in [6.45, 7) is -0.281. The van der Waals surface area contributed by atoms with Crippen LogP contribution in [-0.2, 0) is 14.3 Å². The van der Waals surface area contributed by atoms with E-state index in [2.05, 4.69) is 15.0 Å². The van der Waals surface area contributed by atoms with E-state index in [1.807, 2.05) is 0 Å². The highest BCUT2D eigenvalue weighted by molar-refractivity contribution is 5.91. The number of carbonyl (C=O) groups is 2. The van der Waals surface area contributed by atoms with Gasteiger partial charge in [0.1, 0.15) is 6.26 Å². The van der Waals surface area contributed by atoms with Crippen LogP contribution in [0.25, 0.3) is 0 Å². The summed E-state index contributed by atoms with van der Waals surface area (Å²) in [5.41, 5.74) is 0. The van der Waals surface area contributed by atoms with Crippen LogP contribution in [0.15, 0.2) is 16.9 Å². The van der Waals surface area contributed by atoms with Gasteiger partial charge >= 0.3 is 5.97 Å². The van der Waals surface area contributed by atoms with Gasteiger partial charge in [-0.1, -0.05) is 37.3 Å². The molecular weight excluding hydrogens is 260 g/mol. The summed E-state index contributed by atoms with van der Waals surface area (Å²) in [7, 11) is 0. The van der Waals surface area contributed by atoms with E-state index in [1.54, 1.807) is 0 Å². The van der Waals surface area contributed by atoms with Crippen LogP contribution < -0.4 is 5.32 Å². The van der Waals surface area contributed by atoms with Gasteiger partial charge in [0.15, 0.2) is 12.4 Å². The molecule has 0 spiro atoms. The molecular formula is C14H20N2O4. The number of rotatable bonds is 6. The number of nitrogens with one attached hydrogen (secondary N) is 1. The lowest BCUT2D eigenvalue weighted by Crippen LogP contribution is -2.21. The van der Waals surface area contributed by atoms with Crippen molar-refractivity contribution in [3.63, 3.8) is 0 Å². The fraction of sp³-hybridized carbons (Fsp3) is 0.643. The average Bonchev–Trinajstić information content (AvgIpc) is 2.97. The molecule has 0 atom stereocenters. The molecule has 1 N–H and O–H groups in total. The predicted molar refractivity (Wildman–Crippen MR) is 71.9 cm³/mol. The van der Waals surface area contributed by atoms with Gasteiger partial charge in [0.05, 0.1) is 0 Å². The van der Waals surface area contributed by atoms with E-state index in [4.69, 9.17) is 4.74 Å². The molecule has 1 aromatic heterocycles. The Hall–Kier alpha value is -1.85. The largest absolute Gasteiger partial charge is 0.456 e. The molecule has 1 aliphatic rings. The van der Waals surface area contributed by atoms with Crippen molar-refractivity contribution in [2.75, 3.05) is 11.9 Å². The van der Waals surface area contributed by atoms with Crippen molar-refractivity contribution in [3.05, 3.63) is 12.3 Å². The summed E-state index contributed by atoms with van der Waals surface area (Å²) in [5.74, 6) is 0.226. The molecule has 1 amide bonds. The second-order valence-corrected chi connectivity index (χ2v) is 5.14. The molecule has 1 aromatic rings. The van der Waals surface area contributed by atoms with E-state index in [1.165, 1.54) is 44.4 Å². The van der Waals surface area contributed by atoms with E-state index in [9.17, 15) is 9.59 Å². The fourth-order valence-corrected chi connectivity index (χ4v) is 2.47. The minimum atomic E-state index is -0.412. The minimum Gasteiger partial charge on any atom is -0.456 e. The number of aromatic nitrogens is 1. The van der Waals surface area contributed by atoms with Gasteiger partial charge < -0.3 is 14.6 Å². The Morgan fingerprint density at radius 1 is 1.35 bits per heavy atom. The maximum absolute atomic E-state index is 11.6. The van der Waals surface area contributed by atoms with E-state index in [0.717, 1.165) is 6.42 Å². The average molecular weight is 280 g/mol. The Labute approximate surface area is 117 Å². The zero-order chi connectivity index (χ0) is 14.2. The summed E-state index contributed by atoms with van der Waals surface area (Å²) < 4.78 is 9.51. The lowest BCUT2D eigenvalue weighted by Gasteiger charge is -2.20. The van der Waals surface area contributed by atoms with Gasteiger partial charge in [0.2, 0.25) is 0 Å². The van der Waals surface area contributed by atoms with Crippen molar-refractivity contribution < 1.29 is 18.8 Å². The molecule has 0 unspecified atom stereocenters. The Bertz CT molecular complexity index is 424. The molecule has 0 radical (unpaired) electrons. The normalized spacial score (nSPS) is 15.8. The van der Waals surface area contributed by atoms with Gasteiger partial charge in [0, 0.05) is 12.5 Å². The zero-order valence-electron chi connectivity index (χ0n) is 11.5. The lowest BCUT2D eigenvalue weighted by molar-refractivity contribution is -0.147. The molecule has 1 fully saturated rings. The lowest BCUT2D eigenvalue weighted by atomic mass is 9.86. The summed E-state index contributed by atoms with van der Waals surface area (Å²) in [5, 5.41) is 6.00. The molecule has 6 heteroatoms. The first-order valence-corrected chi connectivity index (χ1v) is 7.10. The number of nitrogens with zero attached hydrogens (tertiary/aromatic N) is 1. The standard InChI is InChI=1S/C14H20N2O4/c17-13(15-12-8-9-20-16-12)10-19-14(18)7-6-11-4-2-1-3-5-11/h8-9,11H,1-7,10H2,(H,15,16,17). The van der Waals surface area contributed by atoms with Crippen molar-refractivity contribution in [1.29, 1.82) is 0 Å². The Balaban J connectivity index is 1.58. The van der Waals surface area contributed by atoms with E-state index >= 15 is 0 Å². The van der Waals surface area contributed by atoms with Crippen molar-refractivity contribution in [1.82, 2.24) is 5.16 Å². The van der Waals surface area contributed by atoms with Crippen LogP contribution in [0.4, 0.5) is 5.82 Å². The van der Waals surface area contributed by atoms with Gasteiger partial charge in [-0.15, -0.1) is 0 Å². The van der Waals surface area contributed by atoms with Gasteiger partial charge in [0.25, 0.3) is 5.91 Å². The predicted octanol–water partition coefficient (Wildman–Crippen LogP) is 2.52. The molecule has 1 heterocycles. The third kappa shape index (κ3) is 5.03. The smallest absolute Gasteiger partial charge is 0.306 e. The van der Waals surface area contributed by atoms with Crippen LogP contribution in [0.3, 0.4) is 0 Å². The van der Waals surface area contributed by atoms with Crippen LogP contribution in [0.1, 0.15) is 44.9 Å². The van der Waals surface area contributed by atoms with Gasteiger partial charge in [-0.2, -0.15) is 0 Å². The maximum Gasteiger partial charge on any atom is 0.306 e. The second kappa shape index (κ2) is 7.67. The first-order valence-electron chi connectivity index (χ1n) is 7.10. The maximum atomic E-state index is 11.6. The highest BCUT2D eigenvalue weighted by atomic mass is 16.5. The van der Waals surface area contributed by atoms with E-state index in [0.29, 0.717) is 18.2 Å². The van der Waals surface area contributed by atoms with Crippen LogP contribution in [0, 0.1) is 5.92 Å². The third-order valence-electron chi connectivity index (χ3n) is 3.55. The van der Waals surface area contributed by atoms with Crippen LogP contribution >= 0.6 is 0 Å². The number of anilines is 1. The highest BCUT2D eigenvalue weighted by Gasteiger charge is 2.16. The molecule has 0 bridgehead atoms. The van der Waals surface area contributed by atoms with Crippen molar-refractivity contribution in [3.8, 4) is 0 Å². The Kier molecular flexibility index (Phi) is 5.58. The number of hydrogen-bond acceptors (Lipinski definition) is 5. The number of esters is 1. The zero-order valence-corrected chi connectivity index (χ0v) is 11.5. The number of hydrogen-bond donors (Lipinski definition) is 1. The van der Waals surface area contributed by atoms with E-state index < -0.39 is 5.91 Å². The van der Waals surface area contributed by atoms with Crippen LogP contribution in [0.5, 0.6) is 0 Å². The van der Waals surface area contributed by atoms with Crippen LogP contribution in [-0.4, -0.2) is 23.6 Å². The van der Waals surface area contributed by atoms with Crippen molar-refractivity contribution in [2.24, 2.45) is 5.92 Å². The summed E-state index contributed by atoms with van der Waals surface area (Å²) in [6, 6.07) is 1.52.